The molecule has 3 heteroatoms. The number of oxazole rings is 1. The SMILES string of the molecule is Cc1cnc(C(C)NCCCC(C)C)o1. The highest BCUT2D eigenvalue weighted by atomic mass is 16.4. The van der Waals surface area contributed by atoms with Crippen LogP contribution in [-0.4, -0.2) is 11.5 Å². The zero-order valence-electron chi connectivity index (χ0n) is 10.2. The normalized spacial score (nSPS) is 13.4. The Morgan fingerprint density at radius 2 is 2.13 bits per heavy atom. The maximum Gasteiger partial charge on any atom is 0.211 e. The molecule has 15 heavy (non-hydrogen) atoms. The zero-order valence-corrected chi connectivity index (χ0v) is 10.2. The largest absolute Gasteiger partial charge is 0.444 e. The van der Waals surface area contributed by atoms with Crippen molar-refractivity contribution in [3.05, 3.63) is 17.8 Å². The summed E-state index contributed by atoms with van der Waals surface area (Å²) in [7, 11) is 0. The van der Waals surface area contributed by atoms with Gasteiger partial charge in [-0.3, -0.25) is 0 Å². The molecule has 1 unspecified atom stereocenters. The molecule has 86 valence electrons. The Kier molecular flexibility index (Phi) is 4.82. The molecule has 0 aromatic carbocycles. The Morgan fingerprint density at radius 3 is 2.67 bits per heavy atom. The Labute approximate surface area is 92.3 Å². The van der Waals surface area contributed by atoms with E-state index in [0.29, 0.717) is 0 Å². The standard InChI is InChI=1S/C12H22N2O/c1-9(2)6-5-7-13-11(4)12-14-8-10(3)15-12/h8-9,11,13H,5-7H2,1-4H3. The van der Waals surface area contributed by atoms with Crippen LogP contribution in [0.2, 0.25) is 0 Å². The van der Waals surface area contributed by atoms with Crippen molar-refractivity contribution in [3.63, 3.8) is 0 Å². The number of hydrogen-bond donors (Lipinski definition) is 1. The van der Waals surface area contributed by atoms with Crippen LogP contribution in [0.4, 0.5) is 0 Å². The second kappa shape index (κ2) is 5.91. The van der Waals surface area contributed by atoms with E-state index in [9.17, 15) is 0 Å². The Morgan fingerprint density at radius 1 is 1.40 bits per heavy atom. The lowest BCUT2D eigenvalue weighted by Gasteiger charge is -2.10. The predicted molar refractivity (Wildman–Crippen MR) is 61.7 cm³/mol. The number of nitrogens with one attached hydrogen (secondary N) is 1. The van der Waals surface area contributed by atoms with E-state index in [1.807, 2.05) is 6.92 Å². The lowest BCUT2D eigenvalue weighted by Crippen LogP contribution is -2.20. The van der Waals surface area contributed by atoms with Gasteiger partial charge in [0.05, 0.1) is 12.2 Å². The molecule has 0 fully saturated rings. The molecule has 0 saturated carbocycles. The smallest absolute Gasteiger partial charge is 0.211 e. The van der Waals surface area contributed by atoms with Crippen LogP contribution in [0.5, 0.6) is 0 Å². The fraction of sp³-hybridized carbons (Fsp3) is 0.750. The van der Waals surface area contributed by atoms with Gasteiger partial charge in [0.15, 0.2) is 0 Å². The van der Waals surface area contributed by atoms with Crippen molar-refractivity contribution in [1.29, 1.82) is 0 Å². The van der Waals surface area contributed by atoms with Crippen LogP contribution < -0.4 is 5.32 Å². The van der Waals surface area contributed by atoms with Gasteiger partial charge in [0.2, 0.25) is 5.89 Å². The maximum atomic E-state index is 5.45. The first-order chi connectivity index (χ1) is 7.09. The van der Waals surface area contributed by atoms with Crippen molar-refractivity contribution in [2.45, 2.75) is 46.6 Å². The van der Waals surface area contributed by atoms with Crippen molar-refractivity contribution in [3.8, 4) is 0 Å². The molecule has 0 bridgehead atoms. The van der Waals surface area contributed by atoms with Gasteiger partial charge in [-0.2, -0.15) is 0 Å². The predicted octanol–water partition coefficient (Wildman–Crippen LogP) is 3.07. The Bertz CT molecular complexity index is 281. The molecule has 0 amide bonds. The number of nitrogens with zero attached hydrogens (tertiary/aromatic N) is 1. The molecule has 0 radical (unpaired) electrons. The fourth-order valence-corrected chi connectivity index (χ4v) is 1.49. The van der Waals surface area contributed by atoms with E-state index >= 15 is 0 Å². The van der Waals surface area contributed by atoms with Crippen LogP contribution in [0.15, 0.2) is 10.6 Å². The summed E-state index contributed by atoms with van der Waals surface area (Å²) >= 11 is 0. The van der Waals surface area contributed by atoms with E-state index in [1.54, 1.807) is 6.20 Å². The van der Waals surface area contributed by atoms with Crippen LogP contribution in [0, 0.1) is 12.8 Å². The quantitative estimate of drug-likeness (QED) is 0.733. The first kappa shape index (κ1) is 12.2. The van der Waals surface area contributed by atoms with Crippen LogP contribution in [0.25, 0.3) is 0 Å². The number of rotatable bonds is 6. The summed E-state index contributed by atoms with van der Waals surface area (Å²) in [6.07, 6.45) is 4.24. The van der Waals surface area contributed by atoms with E-state index in [-0.39, 0.29) is 6.04 Å². The lowest BCUT2D eigenvalue weighted by molar-refractivity contribution is 0.396. The summed E-state index contributed by atoms with van der Waals surface area (Å²) in [6, 6.07) is 0.214. The van der Waals surface area contributed by atoms with Crippen LogP contribution in [0.3, 0.4) is 0 Å². The molecule has 1 atom stereocenters. The van der Waals surface area contributed by atoms with Crippen LogP contribution >= 0.6 is 0 Å². The molecule has 0 aliphatic heterocycles. The molecule has 0 aliphatic carbocycles. The van der Waals surface area contributed by atoms with Crippen molar-refractivity contribution in [1.82, 2.24) is 10.3 Å². The van der Waals surface area contributed by atoms with Crippen molar-refractivity contribution in [2.24, 2.45) is 5.92 Å². The summed E-state index contributed by atoms with van der Waals surface area (Å²) in [5.74, 6) is 2.45. The van der Waals surface area contributed by atoms with Crippen molar-refractivity contribution in [2.75, 3.05) is 6.54 Å². The van der Waals surface area contributed by atoms with Crippen molar-refractivity contribution >= 4 is 0 Å². The molecular weight excluding hydrogens is 188 g/mol. The molecule has 1 N–H and O–H groups in total. The van der Waals surface area contributed by atoms with E-state index in [4.69, 9.17) is 4.42 Å². The molecular formula is C12H22N2O. The minimum Gasteiger partial charge on any atom is -0.444 e. The molecule has 0 saturated heterocycles. The van der Waals surface area contributed by atoms with E-state index in [1.165, 1.54) is 12.8 Å². The van der Waals surface area contributed by atoms with Gasteiger partial charge in [-0.05, 0) is 39.2 Å². The van der Waals surface area contributed by atoms with Gasteiger partial charge >= 0.3 is 0 Å². The minimum atomic E-state index is 0.214. The fourth-order valence-electron chi connectivity index (χ4n) is 1.49. The average Bonchev–Trinajstić information content (AvgIpc) is 2.59. The molecule has 0 spiro atoms. The van der Waals surface area contributed by atoms with E-state index in [2.05, 4.69) is 31.1 Å². The third kappa shape index (κ3) is 4.47. The minimum absolute atomic E-state index is 0.214. The van der Waals surface area contributed by atoms with Gasteiger partial charge in [0.25, 0.3) is 0 Å². The number of hydrogen-bond acceptors (Lipinski definition) is 3. The number of aromatic nitrogens is 1. The molecule has 1 aromatic rings. The van der Waals surface area contributed by atoms with Gasteiger partial charge < -0.3 is 9.73 Å². The first-order valence-corrected chi connectivity index (χ1v) is 5.75. The summed E-state index contributed by atoms with van der Waals surface area (Å²) in [4.78, 5) is 4.20. The highest BCUT2D eigenvalue weighted by Crippen LogP contribution is 2.12. The molecule has 1 heterocycles. The summed E-state index contributed by atoms with van der Waals surface area (Å²) in [6.45, 7) is 9.53. The summed E-state index contributed by atoms with van der Waals surface area (Å²) in [5.41, 5.74) is 0. The topological polar surface area (TPSA) is 38.1 Å². The maximum absolute atomic E-state index is 5.45. The van der Waals surface area contributed by atoms with Gasteiger partial charge in [-0.15, -0.1) is 0 Å². The molecule has 1 rings (SSSR count). The van der Waals surface area contributed by atoms with Crippen LogP contribution in [0.1, 0.15) is 51.3 Å². The lowest BCUT2D eigenvalue weighted by atomic mass is 10.1. The van der Waals surface area contributed by atoms with Gasteiger partial charge in [-0.25, -0.2) is 4.98 Å². The third-order valence-electron chi connectivity index (χ3n) is 2.42. The van der Waals surface area contributed by atoms with E-state index in [0.717, 1.165) is 24.1 Å². The number of aryl methyl sites for hydroxylation is 1. The van der Waals surface area contributed by atoms with Crippen LogP contribution in [-0.2, 0) is 0 Å². The summed E-state index contributed by atoms with van der Waals surface area (Å²) in [5, 5.41) is 3.41. The second-order valence-corrected chi connectivity index (χ2v) is 4.52. The highest BCUT2D eigenvalue weighted by molar-refractivity contribution is 4.94. The molecule has 1 aromatic heterocycles. The zero-order chi connectivity index (χ0) is 11.3. The first-order valence-electron chi connectivity index (χ1n) is 5.75. The monoisotopic (exact) mass is 210 g/mol. The highest BCUT2D eigenvalue weighted by Gasteiger charge is 2.09. The van der Waals surface area contributed by atoms with Crippen molar-refractivity contribution < 1.29 is 4.42 Å². The van der Waals surface area contributed by atoms with Gasteiger partial charge in [-0.1, -0.05) is 13.8 Å². The van der Waals surface area contributed by atoms with Gasteiger partial charge in [0.1, 0.15) is 5.76 Å². The second-order valence-electron chi connectivity index (χ2n) is 4.52. The summed E-state index contributed by atoms with van der Waals surface area (Å²) < 4.78 is 5.45. The average molecular weight is 210 g/mol. The Balaban J connectivity index is 2.21. The third-order valence-corrected chi connectivity index (χ3v) is 2.42. The van der Waals surface area contributed by atoms with E-state index < -0.39 is 0 Å². The molecule has 0 aliphatic rings. The molecule has 3 nitrogen and oxygen atoms in total. The Hall–Kier alpha value is -0.830. The van der Waals surface area contributed by atoms with Gasteiger partial charge in [0, 0.05) is 0 Å².